The summed E-state index contributed by atoms with van der Waals surface area (Å²) in [5.41, 5.74) is 2.80. The Morgan fingerprint density at radius 1 is 1.23 bits per heavy atom. The molecule has 4 rings (SSSR count). The van der Waals surface area contributed by atoms with Gasteiger partial charge in [0.25, 0.3) is 5.91 Å². The van der Waals surface area contributed by atoms with Crippen molar-refractivity contribution in [2.75, 3.05) is 6.54 Å². The molecule has 0 saturated heterocycles. The number of allylic oxidation sites excluding steroid dienone is 1. The summed E-state index contributed by atoms with van der Waals surface area (Å²) in [4.78, 5) is 29.6. The number of hydrogen-bond acceptors (Lipinski definition) is 4. The molecule has 1 aliphatic carbocycles. The highest BCUT2D eigenvalue weighted by Crippen LogP contribution is 2.26. The van der Waals surface area contributed by atoms with E-state index in [1.807, 2.05) is 41.2 Å². The maximum atomic E-state index is 12.6. The molecule has 2 N–H and O–H groups in total. The minimum atomic E-state index is -0.592. The van der Waals surface area contributed by atoms with Gasteiger partial charge in [0.05, 0.1) is 10.2 Å². The van der Waals surface area contributed by atoms with Gasteiger partial charge in [-0.05, 0) is 69.4 Å². The van der Waals surface area contributed by atoms with Crippen molar-refractivity contribution in [2.45, 2.75) is 45.1 Å². The second kappa shape index (κ2) is 9.26. The molecule has 0 unspecified atom stereocenters. The van der Waals surface area contributed by atoms with Gasteiger partial charge >= 0.3 is 0 Å². The fourth-order valence-corrected chi connectivity index (χ4v) is 4.57. The summed E-state index contributed by atoms with van der Waals surface area (Å²) in [6, 6.07) is 8.72. The molecule has 156 valence electrons. The number of aromatic nitrogens is 2. The first-order valence-electron chi connectivity index (χ1n) is 10.4. The quantitative estimate of drug-likeness (QED) is 0.560. The number of hydrogen-bond donors (Lipinski definition) is 2. The van der Waals surface area contributed by atoms with E-state index in [0.29, 0.717) is 12.1 Å². The monoisotopic (exact) mass is 422 g/mol. The van der Waals surface area contributed by atoms with E-state index in [1.54, 1.807) is 13.0 Å². The van der Waals surface area contributed by atoms with Gasteiger partial charge in [0.15, 0.2) is 5.13 Å². The molecule has 2 aromatic heterocycles. The van der Waals surface area contributed by atoms with Gasteiger partial charge in [-0.15, -0.1) is 0 Å². The van der Waals surface area contributed by atoms with Gasteiger partial charge < -0.3 is 15.2 Å². The molecule has 2 heterocycles. The lowest BCUT2D eigenvalue weighted by atomic mass is 9.97. The zero-order valence-electron chi connectivity index (χ0n) is 17.1. The van der Waals surface area contributed by atoms with E-state index in [1.165, 1.54) is 29.8 Å². The lowest BCUT2D eigenvalue weighted by Gasteiger charge is -2.16. The molecule has 3 aromatic rings. The van der Waals surface area contributed by atoms with E-state index in [9.17, 15) is 9.59 Å². The van der Waals surface area contributed by atoms with Gasteiger partial charge in [-0.2, -0.15) is 0 Å². The fraction of sp³-hybridized carbons (Fsp3) is 0.348. The highest BCUT2D eigenvalue weighted by atomic mass is 32.1. The van der Waals surface area contributed by atoms with Crippen molar-refractivity contribution in [2.24, 2.45) is 0 Å². The minimum absolute atomic E-state index is 0.159. The van der Waals surface area contributed by atoms with E-state index in [0.717, 1.165) is 34.6 Å². The van der Waals surface area contributed by atoms with Crippen molar-refractivity contribution in [1.82, 2.24) is 20.2 Å². The zero-order valence-corrected chi connectivity index (χ0v) is 17.9. The van der Waals surface area contributed by atoms with E-state index in [2.05, 4.69) is 21.7 Å². The van der Waals surface area contributed by atoms with Gasteiger partial charge in [0, 0.05) is 24.5 Å². The summed E-state index contributed by atoms with van der Waals surface area (Å²) in [5, 5.41) is 6.58. The van der Waals surface area contributed by atoms with E-state index < -0.39 is 6.04 Å². The summed E-state index contributed by atoms with van der Waals surface area (Å²) >= 11 is 1.52. The molecule has 0 aliphatic heterocycles. The predicted octanol–water partition coefficient (Wildman–Crippen LogP) is 4.21. The number of fused-ring (bicyclic) bond motifs is 1. The van der Waals surface area contributed by atoms with Crippen LogP contribution in [0.3, 0.4) is 0 Å². The molecule has 6 nitrogen and oxygen atoms in total. The number of carbonyl (C=O) groups excluding carboxylic acids is 2. The second-order valence-corrected chi connectivity index (χ2v) is 8.62. The van der Waals surface area contributed by atoms with Crippen LogP contribution in [0, 0.1) is 0 Å². The Bertz CT molecular complexity index is 1070. The Kier molecular flexibility index (Phi) is 6.28. The molecule has 1 aliphatic rings. The Balaban J connectivity index is 1.33. The number of nitrogens with one attached hydrogen (secondary N) is 2. The van der Waals surface area contributed by atoms with Crippen LogP contribution >= 0.6 is 11.3 Å². The van der Waals surface area contributed by atoms with Crippen LogP contribution in [0.2, 0.25) is 0 Å². The van der Waals surface area contributed by atoms with Crippen LogP contribution in [-0.2, 0) is 4.79 Å². The first-order chi connectivity index (χ1) is 14.6. The highest BCUT2D eigenvalue weighted by molar-refractivity contribution is 7.20. The number of nitrogens with zero attached hydrogens (tertiary/aromatic N) is 2. The van der Waals surface area contributed by atoms with Gasteiger partial charge in [-0.3, -0.25) is 9.59 Å². The molecule has 2 amide bonds. The van der Waals surface area contributed by atoms with Crippen LogP contribution in [0.1, 0.15) is 49.4 Å². The van der Waals surface area contributed by atoms with Crippen molar-refractivity contribution < 1.29 is 9.59 Å². The third-order valence-electron chi connectivity index (χ3n) is 5.34. The van der Waals surface area contributed by atoms with Gasteiger partial charge in [-0.25, -0.2) is 4.98 Å². The summed E-state index contributed by atoms with van der Waals surface area (Å²) in [7, 11) is 0. The first kappa shape index (κ1) is 20.3. The Morgan fingerprint density at radius 2 is 2.07 bits per heavy atom. The van der Waals surface area contributed by atoms with E-state index in [4.69, 9.17) is 0 Å². The van der Waals surface area contributed by atoms with E-state index >= 15 is 0 Å². The van der Waals surface area contributed by atoms with Crippen molar-refractivity contribution in [3.63, 3.8) is 0 Å². The SMILES string of the molecule is C[C@@H](NC(=O)c1ccc2nc(-n3cccc3)sc2c1)C(=O)NCCC1=CCCCC1. The lowest BCUT2D eigenvalue weighted by Crippen LogP contribution is -2.45. The van der Waals surface area contributed by atoms with Crippen LogP contribution in [-0.4, -0.2) is 34.0 Å². The largest absolute Gasteiger partial charge is 0.354 e. The molecule has 7 heteroatoms. The average molecular weight is 423 g/mol. The summed E-state index contributed by atoms with van der Waals surface area (Å²) in [5.74, 6) is -0.418. The molecule has 0 saturated carbocycles. The molecule has 1 atom stereocenters. The normalized spacial score (nSPS) is 14.9. The maximum Gasteiger partial charge on any atom is 0.251 e. The topological polar surface area (TPSA) is 76.0 Å². The number of carbonyl (C=O) groups is 2. The van der Waals surface area contributed by atoms with Crippen LogP contribution in [0.15, 0.2) is 54.4 Å². The fourth-order valence-electron chi connectivity index (χ4n) is 3.60. The Labute approximate surface area is 180 Å². The third-order valence-corrected chi connectivity index (χ3v) is 6.37. The zero-order chi connectivity index (χ0) is 20.9. The molecular formula is C23H26N4O2S. The van der Waals surface area contributed by atoms with Crippen LogP contribution < -0.4 is 10.6 Å². The van der Waals surface area contributed by atoms with E-state index in [-0.39, 0.29) is 11.8 Å². The van der Waals surface area contributed by atoms with Crippen molar-refractivity contribution in [3.8, 4) is 5.13 Å². The van der Waals surface area contributed by atoms with Crippen LogP contribution in [0.5, 0.6) is 0 Å². The predicted molar refractivity (Wildman–Crippen MR) is 120 cm³/mol. The number of benzene rings is 1. The standard InChI is InChI=1S/C23H26N4O2S/c1-16(21(28)24-12-11-17-7-3-2-4-8-17)25-22(29)18-9-10-19-20(15-18)30-23(26-19)27-13-5-6-14-27/h5-7,9-10,13-16H,2-4,8,11-12H2,1H3,(H,24,28)(H,25,29)/t16-/m1/s1. The van der Waals surface area contributed by atoms with Crippen LogP contribution in [0.4, 0.5) is 0 Å². The third kappa shape index (κ3) is 4.79. The molecule has 1 aromatic carbocycles. The molecule has 0 bridgehead atoms. The first-order valence-corrected chi connectivity index (χ1v) is 11.2. The molecular weight excluding hydrogens is 396 g/mol. The number of rotatable bonds is 7. The van der Waals surface area contributed by atoms with Crippen molar-refractivity contribution in [1.29, 1.82) is 0 Å². The van der Waals surface area contributed by atoms with Crippen molar-refractivity contribution >= 4 is 33.4 Å². The van der Waals surface area contributed by atoms with Gasteiger partial charge in [-0.1, -0.05) is 23.0 Å². The Hall–Kier alpha value is -2.93. The number of amides is 2. The average Bonchev–Trinajstić information content (AvgIpc) is 3.43. The minimum Gasteiger partial charge on any atom is -0.354 e. The van der Waals surface area contributed by atoms with Crippen LogP contribution in [0.25, 0.3) is 15.3 Å². The summed E-state index contributed by atoms with van der Waals surface area (Å²) in [6.07, 6.45) is 11.8. The van der Waals surface area contributed by atoms with Gasteiger partial charge in [0.1, 0.15) is 6.04 Å². The molecule has 0 spiro atoms. The smallest absolute Gasteiger partial charge is 0.251 e. The lowest BCUT2D eigenvalue weighted by molar-refractivity contribution is -0.122. The second-order valence-electron chi connectivity index (χ2n) is 7.61. The maximum absolute atomic E-state index is 12.6. The van der Waals surface area contributed by atoms with Crippen molar-refractivity contribution in [3.05, 3.63) is 59.9 Å². The summed E-state index contributed by atoms with van der Waals surface area (Å²) < 4.78 is 2.88. The Morgan fingerprint density at radius 3 is 2.83 bits per heavy atom. The highest BCUT2D eigenvalue weighted by Gasteiger charge is 2.17. The molecule has 0 fully saturated rings. The molecule has 30 heavy (non-hydrogen) atoms. The molecule has 0 radical (unpaired) electrons. The summed E-state index contributed by atoms with van der Waals surface area (Å²) in [6.45, 7) is 2.32. The number of thiazole rings is 1. The van der Waals surface area contributed by atoms with Gasteiger partial charge in [0.2, 0.25) is 5.91 Å².